The fourth-order valence-corrected chi connectivity index (χ4v) is 2.00. The van der Waals surface area contributed by atoms with E-state index in [1.54, 1.807) is 7.11 Å². The molecule has 2 rings (SSSR count). The van der Waals surface area contributed by atoms with Gasteiger partial charge in [0.2, 0.25) is 0 Å². The Hall–Kier alpha value is -2.14. The smallest absolute Gasteiger partial charge is 0.159 e. The zero-order valence-electron chi connectivity index (χ0n) is 11.9. The largest absolute Gasteiger partial charge is 0.495 e. The van der Waals surface area contributed by atoms with E-state index in [0.29, 0.717) is 11.3 Å². The Labute approximate surface area is 122 Å². The van der Waals surface area contributed by atoms with Gasteiger partial charge in [-0.25, -0.2) is 8.78 Å². The van der Waals surface area contributed by atoms with Gasteiger partial charge in [0.05, 0.1) is 18.9 Å². The monoisotopic (exact) mass is 293 g/mol. The Morgan fingerprint density at radius 2 is 1.90 bits per heavy atom. The van der Waals surface area contributed by atoms with Crippen LogP contribution in [0.1, 0.15) is 17.2 Å². The fourth-order valence-electron chi connectivity index (χ4n) is 2.00. The molecule has 1 unspecified atom stereocenters. The Bertz CT molecular complexity index is 632. The lowest BCUT2D eigenvalue weighted by Gasteiger charge is -2.16. The summed E-state index contributed by atoms with van der Waals surface area (Å²) < 4.78 is 31.2. The summed E-state index contributed by atoms with van der Waals surface area (Å²) in [6, 6.07) is 8.97. The molecule has 0 aromatic heterocycles. The van der Waals surface area contributed by atoms with Gasteiger partial charge in [0, 0.05) is 6.54 Å². The number of benzene rings is 2. The van der Waals surface area contributed by atoms with Gasteiger partial charge >= 0.3 is 0 Å². The van der Waals surface area contributed by atoms with Crippen LogP contribution < -0.4 is 10.1 Å². The van der Waals surface area contributed by atoms with Gasteiger partial charge in [-0.2, -0.15) is 0 Å². The summed E-state index contributed by atoms with van der Waals surface area (Å²) in [7, 11) is 1.56. The molecule has 0 spiro atoms. The molecule has 1 atom stereocenters. The predicted octanol–water partition coefficient (Wildman–Crippen LogP) is 3.43. The molecule has 0 fully saturated rings. The second kappa shape index (κ2) is 6.54. The number of nitrogens with one attached hydrogen (secondary N) is 1. The second-order valence-corrected chi connectivity index (χ2v) is 4.77. The van der Waals surface area contributed by atoms with Crippen LogP contribution in [0.3, 0.4) is 0 Å². The number of anilines is 1. The average Bonchev–Trinajstić information content (AvgIpc) is 2.47. The average molecular weight is 293 g/mol. The minimum Gasteiger partial charge on any atom is -0.495 e. The van der Waals surface area contributed by atoms with Gasteiger partial charge in [0.25, 0.3) is 0 Å². The molecular formula is C16H17F2NO2. The van der Waals surface area contributed by atoms with E-state index in [1.807, 2.05) is 25.1 Å². The van der Waals surface area contributed by atoms with Gasteiger partial charge in [-0.1, -0.05) is 12.1 Å². The lowest BCUT2D eigenvalue weighted by atomic mass is 10.1. The molecule has 0 saturated carbocycles. The van der Waals surface area contributed by atoms with Crippen molar-refractivity contribution in [2.45, 2.75) is 13.0 Å². The molecule has 2 aromatic rings. The lowest BCUT2D eigenvalue weighted by molar-refractivity contribution is 0.191. The van der Waals surface area contributed by atoms with Gasteiger partial charge < -0.3 is 15.2 Å². The highest BCUT2D eigenvalue weighted by Crippen LogP contribution is 2.26. The van der Waals surface area contributed by atoms with E-state index in [0.717, 1.165) is 23.4 Å². The van der Waals surface area contributed by atoms with Crippen LogP contribution in [0.5, 0.6) is 5.75 Å². The molecule has 0 bridgehead atoms. The Kier molecular flexibility index (Phi) is 4.75. The quantitative estimate of drug-likeness (QED) is 0.887. The highest BCUT2D eigenvalue weighted by Gasteiger charge is 2.12. The maximum absolute atomic E-state index is 13.1. The van der Waals surface area contributed by atoms with Gasteiger partial charge in [0.1, 0.15) is 5.75 Å². The second-order valence-electron chi connectivity index (χ2n) is 4.77. The highest BCUT2D eigenvalue weighted by atomic mass is 19.2. The molecule has 2 N–H and O–H groups in total. The molecule has 2 aromatic carbocycles. The number of hydrogen-bond donors (Lipinski definition) is 2. The summed E-state index contributed by atoms with van der Waals surface area (Å²) in [5.41, 5.74) is 2.09. The number of ether oxygens (including phenoxy) is 1. The third kappa shape index (κ3) is 3.70. The van der Waals surface area contributed by atoms with E-state index < -0.39 is 17.7 Å². The van der Waals surface area contributed by atoms with Crippen molar-refractivity contribution in [3.05, 3.63) is 59.2 Å². The molecule has 0 aliphatic rings. The van der Waals surface area contributed by atoms with Gasteiger partial charge in [-0.3, -0.25) is 0 Å². The summed E-state index contributed by atoms with van der Waals surface area (Å²) in [5.74, 6) is -1.25. The van der Waals surface area contributed by atoms with Crippen LogP contribution >= 0.6 is 0 Å². The third-order valence-electron chi connectivity index (χ3n) is 3.17. The minimum atomic E-state index is -0.973. The van der Waals surface area contributed by atoms with Crippen LogP contribution in [0.15, 0.2) is 36.4 Å². The van der Waals surface area contributed by atoms with Crippen molar-refractivity contribution >= 4 is 5.69 Å². The Morgan fingerprint density at radius 3 is 2.57 bits per heavy atom. The van der Waals surface area contributed by atoms with Crippen molar-refractivity contribution in [2.24, 2.45) is 0 Å². The van der Waals surface area contributed by atoms with Crippen molar-refractivity contribution in [1.82, 2.24) is 0 Å². The van der Waals surface area contributed by atoms with E-state index in [-0.39, 0.29) is 6.54 Å². The molecule has 0 aliphatic heterocycles. The molecule has 21 heavy (non-hydrogen) atoms. The molecule has 0 amide bonds. The number of rotatable bonds is 5. The van der Waals surface area contributed by atoms with E-state index in [2.05, 4.69) is 5.32 Å². The molecule has 3 nitrogen and oxygen atoms in total. The number of hydrogen-bond acceptors (Lipinski definition) is 3. The van der Waals surface area contributed by atoms with E-state index in [1.165, 1.54) is 6.07 Å². The number of halogens is 2. The van der Waals surface area contributed by atoms with Crippen LogP contribution in [0, 0.1) is 18.6 Å². The normalized spacial score (nSPS) is 12.0. The lowest BCUT2D eigenvalue weighted by Crippen LogP contribution is -2.13. The van der Waals surface area contributed by atoms with Crippen LogP contribution in [-0.4, -0.2) is 18.8 Å². The highest BCUT2D eigenvalue weighted by molar-refractivity contribution is 5.58. The summed E-state index contributed by atoms with van der Waals surface area (Å²) in [4.78, 5) is 0. The Morgan fingerprint density at radius 1 is 1.14 bits per heavy atom. The maximum atomic E-state index is 13.1. The summed E-state index contributed by atoms with van der Waals surface area (Å²) in [5, 5.41) is 13.1. The number of aliphatic hydroxyl groups is 1. The first-order valence-electron chi connectivity index (χ1n) is 6.53. The number of methoxy groups -OCH3 is 1. The number of aryl methyl sites for hydroxylation is 1. The van der Waals surface area contributed by atoms with E-state index in [4.69, 9.17) is 4.74 Å². The molecule has 0 saturated heterocycles. The first-order chi connectivity index (χ1) is 10.0. The molecule has 0 radical (unpaired) electrons. The maximum Gasteiger partial charge on any atom is 0.159 e. The van der Waals surface area contributed by atoms with Crippen molar-refractivity contribution in [3.8, 4) is 5.75 Å². The van der Waals surface area contributed by atoms with Crippen LogP contribution in [0.2, 0.25) is 0 Å². The minimum absolute atomic E-state index is 0.158. The van der Waals surface area contributed by atoms with E-state index in [9.17, 15) is 13.9 Å². The standard InChI is InChI=1S/C16H17F2NO2/c1-10-3-6-16(21-2)14(7-10)19-9-15(20)11-4-5-12(17)13(18)8-11/h3-8,15,19-20H,9H2,1-2H3. The number of aliphatic hydroxyl groups excluding tert-OH is 1. The Balaban J connectivity index is 2.08. The van der Waals surface area contributed by atoms with Crippen LogP contribution in [0.4, 0.5) is 14.5 Å². The molecular weight excluding hydrogens is 276 g/mol. The zero-order chi connectivity index (χ0) is 15.4. The van der Waals surface area contributed by atoms with E-state index >= 15 is 0 Å². The fraction of sp³-hybridized carbons (Fsp3) is 0.250. The zero-order valence-corrected chi connectivity index (χ0v) is 11.9. The van der Waals surface area contributed by atoms with Crippen molar-refractivity contribution in [2.75, 3.05) is 19.0 Å². The van der Waals surface area contributed by atoms with Gasteiger partial charge in [0.15, 0.2) is 11.6 Å². The van der Waals surface area contributed by atoms with Crippen molar-refractivity contribution < 1.29 is 18.6 Å². The third-order valence-corrected chi connectivity index (χ3v) is 3.17. The summed E-state index contributed by atoms with van der Waals surface area (Å²) in [6.07, 6.45) is -0.953. The molecule has 5 heteroatoms. The molecule has 0 heterocycles. The molecule has 0 aliphatic carbocycles. The predicted molar refractivity (Wildman–Crippen MR) is 77.5 cm³/mol. The van der Waals surface area contributed by atoms with Crippen LogP contribution in [0.25, 0.3) is 0 Å². The van der Waals surface area contributed by atoms with Crippen LogP contribution in [-0.2, 0) is 0 Å². The van der Waals surface area contributed by atoms with Gasteiger partial charge in [-0.05, 0) is 42.3 Å². The van der Waals surface area contributed by atoms with Crippen molar-refractivity contribution in [1.29, 1.82) is 0 Å². The first kappa shape index (κ1) is 15.3. The van der Waals surface area contributed by atoms with Crippen molar-refractivity contribution in [3.63, 3.8) is 0 Å². The topological polar surface area (TPSA) is 41.5 Å². The SMILES string of the molecule is COc1ccc(C)cc1NCC(O)c1ccc(F)c(F)c1. The molecule has 112 valence electrons. The summed E-state index contributed by atoms with van der Waals surface area (Å²) in [6.45, 7) is 2.10. The summed E-state index contributed by atoms with van der Waals surface area (Å²) >= 11 is 0. The van der Waals surface area contributed by atoms with Gasteiger partial charge in [-0.15, -0.1) is 0 Å². The first-order valence-corrected chi connectivity index (χ1v) is 6.53.